The molecule has 0 saturated heterocycles. The van der Waals surface area contributed by atoms with Crippen molar-refractivity contribution < 1.29 is 38.1 Å². The lowest BCUT2D eigenvalue weighted by atomic mass is 9.76. The van der Waals surface area contributed by atoms with Gasteiger partial charge in [0.15, 0.2) is 19.6 Å². The van der Waals surface area contributed by atoms with Gasteiger partial charge < -0.3 is 39.5 Å². The zero-order valence-electron chi connectivity index (χ0n) is 63.3. The molecule has 6 heterocycles. The van der Waals surface area contributed by atoms with Crippen LogP contribution in [-0.2, 0) is 28.6 Å². The molecule has 0 fully saturated rings. The van der Waals surface area contributed by atoms with Gasteiger partial charge in [0.25, 0.3) is 11.8 Å². The third-order valence-corrected chi connectivity index (χ3v) is 25.2. The fourth-order valence-electron chi connectivity index (χ4n) is 14.0. The number of benzene rings is 8. The van der Waals surface area contributed by atoms with Crippen molar-refractivity contribution in [2.45, 2.75) is 141 Å². The van der Waals surface area contributed by atoms with E-state index in [9.17, 15) is 33.7 Å². The molecule has 2 amide bonds. The smallest absolute Gasteiger partial charge is 0.255 e. The summed E-state index contributed by atoms with van der Waals surface area (Å²) in [7, 11) is -2.13. The van der Waals surface area contributed by atoms with Crippen LogP contribution in [0.15, 0.2) is 243 Å². The van der Waals surface area contributed by atoms with Gasteiger partial charge in [-0.2, -0.15) is 10.2 Å². The summed E-state index contributed by atoms with van der Waals surface area (Å²) in [5.41, 5.74) is 7.29. The molecular formula is C88H92F2N12O6Si. The lowest BCUT2D eigenvalue weighted by Crippen LogP contribution is -2.51. The third-order valence-electron chi connectivity index (χ3n) is 20.7. The van der Waals surface area contributed by atoms with Crippen LogP contribution in [0.1, 0.15) is 129 Å². The number of halogens is 2. The first-order valence-electron chi connectivity index (χ1n) is 36.8. The van der Waals surface area contributed by atoms with Crippen molar-refractivity contribution >= 4 is 64.3 Å². The Morgan fingerprint density at radius 1 is 0.486 bits per heavy atom. The Kier molecular flexibility index (Phi) is 21.5. The SMILES string of the molecule is CC(O)CCn1nc(-c2cnc3c(n2)c(C(=O)NC(C)(C)CO)cn3C(c2ccccc2)(c2ccccc2)c2ccccc2)c2ccc(F)cc21.CC(O)CCn1nc(-c2cnc3c(n2)c(C(=O)NC(C)(C)CO[Si](C)(C)C(C)(C)C)cn3C(c2ccccc2)(c2ccccc2)c2ccccc2)c2ccc(F)cc21. The molecule has 6 aromatic heterocycles. The lowest BCUT2D eigenvalue weighted by molar-refractivity contribution is 0.0864. The highest BCUT2D eigenvalue weighted by molar-refractivity contribution is 6.74. The van der Waals surface area contributed by atoms with Crippen LogP contribution in [0.3, 0.4) is 0 Å². The summed E-state index contributed by atoms with van der Waals surface area (Å²) < 4.78 is 43.2. The van der Waals surface area contributed by atoms with Crippen LogP contribution >= 0.6 is 0 Å². The largest absolute Gasteiger partial charge is 0.414 e. The van der Waals surface area contributed by atoms with Crippen molar-refractivity contribution in [2.24, 2.45) is 0 Å². The number of carbonyl (C=O) groups excluding carboxylic acids is 2. The van der Waals surface area contributed by atoms with E-state index >= 15 is 0 Å². The normalized spacial score (nSPS) is 13.0. The molecule has 8 aromatic carbocycles. The zero-order valence-corrected chi connectivity index (χ0v) is 64.3. The number of carbonyl (C=O) groups is 2. The van der Waals surface area contributed by atoms with E-state index in [0.717, 1.165) is 33.4 Å². The molecule has 0 spiro atoms. The van der Waals surface area contributed by atoms with Crippen molar-refractivity contribution in [2.75, 3.05) is 13.2 Å². The first-order chi connectivity index (χ1) is 52.1. The van der Waals surface area contributed by atoms with E-state index in [4.69, 9.17) is 34.6 Å². The minimum absolute atomic E-state index is 0.00140. The molecule has 2 atom stereocenters. The van der Waals surface area contributed by atoms with Gasteiger partial charge in [0.05, 0.1) is 71.1 Å². The van der Waals surface area contributed by atoms with E-state index in [-0.39, 0.29) is 23.1 Å². The first-order valence-corrected chi connectivity index (χ1v) is 39.7. The Morgan fingerprint density at radius 2 is 0.807 bits per heavy atom. The summed E-state index contributed by atoms with van der Waals surface area (Å²) in [4.78, 5) is 49.6. The average Bonchev–Trinajstić information content (AvgIpc) is 1.61. The second kappa shape index (κ2) is 30.8. The van der Waals surface area contributed by atoms with Crippen LogP contribution in [0.2, 0.25) is 18.1 Å². The highest BCUT2D eigenvalue weighted by Crippen LogP contribution is 2.47. The van der Waals surface area contributed by atoms with E-state index in [1.54, 1.807) is 67.8 Å². The second-order valence-electron chi connectivity index (χ2n) is 30.9. The minimum atomic E-state index is -2.13. The number of aryl methyl sites for hydroxylation is 2. The van der Waals surface area contributed by atoms with Crippen molar-refractivity contribution in [3.05, 3.63) is 299 Å². The third kappa shape index (κ3) is 15.1. The topological polar surface area (TPSA) is 225 Å². The fraction of sp³-hybridized carbons (Fsp3) is 0.273. The Bertz CT molecular complexity index is 5360. The average molecular weight is 1480 g/mol. The molecule has 0 radical (unpaired) electrons. The number of aromatic nitrogens is 10. The molecule has 5 N–H and O–H groups in total. The quantitative estimate of drug-likeness (QED) is 0.0281. The van der Waals surface area contributed by atoms with E-state index in [2.05, 4.69) is 122 Å². The van der Waals surface area contributed by atoms with Gasteiger partial charge in [-0.3, -0.25) is 19.0 Å². The molecule has 0 aliphatic carbocycles. The van der Waals surface area contributed by atoms with Gasteiger partial charge in [0.2, 0.25) is 0 Å². The number of hydrogen-bond acceptors (Lipinski definition) is 12. The van der Waals surface area contributed by atoms with Gasteiger partial charge in [0, 0.05) is 36.3 Å². The molecule has 14 aromatic rings. The van der Waals surface area contributed by atoms with Crippen LogP contribution < -0.4 is 10.6 Å². The number of aliphatic hydroxyl groups excluding tert-OH is 3. The standard InChI is InChI=1S/C47H53FN6O3Si.C41H39FN6O3/c1-32(55)26-27-54-40-28-36(48)24-25-37(40)41(52-54)39-29-49-43-42(50-39)38(44(56)51-46(5,6)31-57-58(7,8)45(2,3)4)30-53(43)47(33-18-12-9-13-19-33,34-20-14-10-15-21-34)35-22-16-11-17-23-35;1-27(50)21-22-48-35-23-31(42)19-20-32(35)36(46-48)34-24-43-38-37(44-34)33(39(51)45-40(2,3)26-49)25-47(38)41(28-13-7-4-8-14-28,29-15-9-5-10-16-29)30-17-11-6-12-18-30/h9-25,28-30,32,55H,26-27,31H2,1-8H3,(H,51,56);4-20,23-25,27,49-50H,21-22,26H2,1-3H3,(H,45,51). The maximum Gasteiger partial charge on any atom is 0.255 e. The van der Waals surface area contributed by atoms with Gasteiger partial charge >= 0.3 is 0 Å². The number of rotatable bonds is 24. The van der Waals surface area contributed by atoms with Gasteiger partial charge in [-0.25, -0.2) is 28.7 Å². The van der Waals surface area contributed by atoms with Crippen LogP contribution in [0.25, 0.3) is 66.9 Å². The highest BCUT2D eigenvalue weighted by atomic mass is 28.4. The fourth-order valence-corrected chi connectivity index (χ4v) is 15.2. The molecule has 558 valence electrons. The predicted octanol–water partition coefficient (Wildman–Crippen LogP) is 16.4. The molecule has 0 aliphatic heterocycles. The Labute approximate surface area is 634 Å². The first kappa shape index (κ1) is 76.0. The second-order valence-corrected chi connectivity index (χ2v) is 35.7. The van der Waals surface area contributed by atoms with Crippen molar-refractivity contribution in [3.8, 4) is 22.8 Å². The molecule has 21 heteroatoms. The predicted molar refractivity (Wildman–Crippen MR) is 428 cm³/mol. The number of amides is 2. The summed E-state index contributed by atoms with van der Waals surface area (Å²) in [6.45, 7) is 22.6. The highest BCUT2D eigenvalue weighted by Gasteiger charge is 2.44. The van der Waals surface area contributed by atoms with Gasteiger partial charge in [-0.05, 0) is 142 Å². The monoisotopic (exact) mass is 1480 g/mol. The summed E-state index contributed by atoms with van der Waals surface area (Å²) in [5.74, 6) is -1.55. The molecule has 18 nitrogen and oxygen atoms in total. The van der Waals surface area contributed by atoms with Crippen LogP contribution in [0.5, 0.6) is 0 Å². The number of hydrogen-bond donors (Lipinski definition) is 5. The molecule has 14 rings (SSSR count). The summed E-state index contributed by atoms with van der Waals surface area (Å²) in [6.07, 6.45) is 6.69. The van der Waals surface area contributed by atoms with Gasteiger partial charge in [0.1, 0.15) is 56.5 Å². The van der Waals surface area contributed by atoms with Crippen molar-refractivity contribution in [1.82, 2.24) is 59.3 Å². The van der Waals surface area contributed by atoms with Crippen molar-refractivity contribution in [1.29, 1.82) is 0 Å². The van der Waals surface area contributed by atoms with Gasteiger partial charge in [-0.1, -0.05) is 203 Å². The van der Waals surface area contributed by atoms with E-state index in [1.807, 2.05) is 134 Å². The summed E-state index contributed by atoms with van der Waals surface area (Å²) in [5, 5.41) is 47.5. The number of fused-ring (bicyclic) bond motifs is 4. The molecule has 0 aliphatic rings. The van der Waals surface area contributed by atoms with Crippen molar-refractivity contribution in [3.63, 3.8) is 0 Å². The number of aliphatic hydroxyl groups is 3. The molecule has 109 heavy (non-hydrogen) atoms. The lowest BCUT2D eigenvalue weighted by Gasteiger charge is -2.39. The Morgan fingerprint density at radius 3 is 1.11 bits per heavy atom. The van der Waals surface area contributed by atoms with Crippen LogP contribution in [-0.4, -0.2) is 121 Å². The zero-order chi connectivity index (χ0) is 77.2. The van der Waals surface area contributed by atoms with Gasteiger partial charge in [-0.15, -0.1) is 0 Å². The van der Waals surface area contributed by atoms with E-state index in [0.29, 0.717) is 105 Å². The molecular weight excluding hydrogens is 1390 g/mol. The Balaban J connectivity index is 0.000000193. The molecule has 2 unspecified atom stereocenters. The summed E-state index contributed by atoms with van der Waals surface area (Å²) in [6, 6.07) is 69.9. The number of nitrogens with one attached hydrogen (secondary N) is 2. The Hall–Kier alpha value is -11.2. The van der Waals surface area contributed by atoms with Crippen LogP contribution in [0, 0.1) is 11.6 Å². The minimum Gasteiger partial charge on any atom is -0.414 e. The maximum atomic E-state index is 14.9. The number of nitrogens with zero attached hydrogens (tertiary/aromatic N) is 10. The van der Waals surface area contributed by atoms with E-state index < -0.39 is 60.2 Å². The summed E-state index contributed by atoms with van der Waals surface area (Å²) >= 11 is 0. The molecule has 0 bridgehead atoms. The molecule has 0 saturated carbocycles. The maximum absolute atomic E-state index is 14.9. The van der Waals surface area contributed by atoms with E-state index in [1.165, 1.54) is 24.3 Å². The van der Waals surface area contributed by atoms with Crippen LogP contribution in [0.4, 0.5) is 8.78 Å².